The molecule has 1 N–H and O–H groups in total. The van der Waals surface area contributed by atoms with Gasteiger partial charge in [-0.3, -0.25) is 0 Å². The third-order valence-electron chi connectivity index (χ3n) is 4.96. The summed E-state index contributed by atoms with van der Waals surface area (Å²) < 4.78 is 0. The number of nitrogens with zero attached hydrogens (tertiary/aromatic N) is 3. The van der Waals surface area contributed by atoms with Crippen molar-refractivity contribution in [2.24, 2.45) is 0 Å². The molecule has 130 valence electrons. The molecule has 0 saturated carbocycles. The minimum Gasteiger partial charge on any atom is -0.354 e. The highest BCUT2D eigenvalue weighted by Crippen LogP contribution is 2.23. The van der Waals surface area contributed by atoms with Crippen LogP contribution < -0.4 is 10.2 Å². The van der Waals surface area contributed by atoms with Crippen LogP contribution in [-0.4, -0.2) is 41.6 Å². The van der Waals surface area contributed by atoms with Gasteiger partial charge in [-0.2, -0.15) is 0 Å². The van der Waals surface area contributed by atoms with E-state index in [2.05, 4.69) is 21.3 Å². The Labute approximate surface area is 152 Å². The molecule has 4 rings (SSSR count). The van der Waals surface area contributed by atoms with Crippen LogP contribution in [0.25, 0.3) is 0 Å². The third kappa shape index (κ3) is 3.56. The average molecular weight is 357 g/mol. The highest BCUT2D eigenvalue weighted by Gasteiger charge is 2.27. The van der Waals surface area contributed by atoms with E-state index in [0.29, 0.717) is 6.54 Å². The highest BCUT2D eigenvalue weighted by molar-refractivity contribution is 6.30. The minimum atomic E-state index is 0.0125. The van der Waals surface area contributed by atoms with E-state index < -0.39 is 0 Å². The standard InChI is InChI=1S/C19H21ClN4O/c20-16-5-4-14-6-9-24(12-15(14)11-16)19(25)22-17-7-10-23(13-17)18-3-1-2-8-21-18/h1-5,8,11,17H,6-7,9-10,12-13H2,(H,22,25). The van der Waals surface area contributed by atoms with Crippen LogP contribution in [0.5, 0.6) is 0 Å². The molecule has 6 heteroatoms. The number of anilines is 1. The first-order valence-corrected chi connectivity index (χ1v) is 9.05. The molecule has 0 radical (unpaired) electrons. The molecule has 25 heavy (non-hydrogen) atoms. The summed E-state index contributed by atoms with van der Waals surface area (Å²) in [5, 5.41) is 3.90. The summed E-state index contributed by atoms with van der Waals surface area (Å²) in [4.78, 5) is 21.1. The van der Waals surface area contributed by atoms with Crippen molar-refractivity contribution in [2.45, 2.75) is 25.4 Å². The van der Waals surface area contributed by atoms with Gasteiger partial charge in [-0.1, -0.05) is 23.7 Å². The summed E-state index contributed by atoms with van der Waals surface area (Å²) in [5.41, 5.74) is 2.44. The molecule has 2 aliphatic rings. The number of hydrogen-bond acceptors (Lipinski definition) is 3. The number of hydrogen-bond donors (Lipinski definition) is 1. The van der Waals surface area contributed by atoms with Gasteiger partial charge >= 0.3 is 6.03 Å². The second kappa shape index (κ2) is 6.92. The molecule has 2 aliphatic heterocycles. The maximum Gasteiger partial charge on any atom is 0.317 e. The monoisotopic (exact) mass is 356 g/mol. The number of fused-ring (bicyclic) bond motifs is 1. The Bertz CT molecular complexity index is 767. The fourth-order valence-corrected chi connectivity index (χ4v) is 3.79. The smallest absolute Gasteiger partial charge is 0.317 e. The zero-order valence-electron chi connectivity index (χ0n) is 14.0. The van der Waals surface area contributed by atoms with Gasteiger partial charge in [-0.25, -0.2) is 9.78 Å². The van der Waals surface area contributed by atoms with Gasteiger partial charge < -0.3 is 15.1 Å². The molecule has 0 spiro atoms. The number of aromatic nitrogens is 1. The Morgan fingerprint density at radius 3 is 2.96 bits per heavy atom. The first kappa shape index (κ1) is 16.2. The SMILES string of the molecule is O=C(NC1CCN(c2ccccn2)C1)N1CCc2ccc(Cl)cc2C1. The molecule has 3 heterocycles. The topological polar surface area (TPSA) is 48.5 Å². The van der Waals surface area contributed by atoms with Gasteiger partial charge in [-0.15, -0.1) is 0 Å². The van der Waals surface area contributed by atoms with Crippen molar-refractivity contribution >= 4 is 23.4 Å². The van der Waals surface area contributed by atoms with E-state index in [0.717, 1.165) is 48.9 Å². The maximum atomic E-state index is 12.6. The predicted octanol–water partition coefficient (Wildman–Crippen LogP) is 3.08. The number of nitrogens with one attached hydrogen (secondary N) is 1. The minimum absolute atomic E-state index is 0.0125. The molecule has 1 saturated heterocycles. The first-order valence-electron chi connectivity index (χ1n) is 8.68. The van der Waals surface area contributed by atoms with Crippen molar-refractivity contribution in [1.82, 2.24) is 15.2 Å². The van der Waals surface area contributed by atoms with Gasteiger partial charge in [0.25, 0.3) is 0 Å². The predicted molar refractivity (Wildman–Crippen MR) is 99.0 cm³/mol. The van der Waals surface area contributed by atoms with E-state index in [9.17, 15) is 4.79 Å². The molecule has 0 aliphatic carbocycles. The van der Waals surface area contributed by atoms with Crippen LogP contribution in [0.2, 0.25) is 5.02 Å². The van der Waals surface area contributed by atoms with E-state index >= 15 is 0 Å². The maximum absolute atomic E-state index is 12.6. The van der Waals surface area contributed by atoms with Crippen LogP contribution in [0.15, 0.2) is 42.6 Å². The largest absolute Gasteiger partial charge is 0.354 e. The molecule has 2 aromatic rings. The van der Waals surface area contributed by atoms with Gasteiger partial charge in [0.1, 0.15) is 5.82 Å². The Morgan fingerprint density at radius 1 is 1.20 bits per heavy atom. The number of carbonyl (C=O) groups excluding carboxylic acids is 1. The molecular weight excluding hydrogens is 336 g/mol. The van der Waals surface area contributed by atoms with Crippen molar-refractivity contribution < 1.29 is 4.79 Å². The van der Waals surface area contributed by atoms with Crippen LogP contribution in [0.3, 0.4) is 0 Å². The Kier molecular flexibility index (Phi) is 4.49. The lowest BCUT2D eigenvalue weighted by Crippen LogP contribution is -2.47. The molecule has 2 amide bonds. The highest BCUT2D eigenvalue weighted by atomic mass is 35.5. The third-order valence-corrected chi connectivity index (χ3v) is 5.19. The molecule has 5 nitrogen and oxygen atoms in total. The lowest BCUT2D eigenvalue weighted by molar-refractivity contribution is 0.189. The second-order valence-corrected chi connectivity index (χ2v) is 7.09. The fraction of sp³-hybridized carbons (Fsp3) is 0.368. The lowest BCUT2D eigenvalue weighted by Gasteiger charge is -2.30. The molecule has 1 unspecified atom stereocenters. The number of amides is 2. The van der Waals surface area contributed by atoms with Crippen LogP contribution in [0.1, 0.15) is 17.5 Å². The molecule has 1 aromatic heterocycles. The normalized spacial score (nSPS) is 19.6. The Morgan fingerprint density at radius 2 is 2.12 bits per heavy atom. The summed E-state index contributed by atoms with van der Waals surface area (Å²) in [5.74, 6) is 0.973. The quantitative estimate of drug-likeness (QED) is 0.899. The molecule has 1 atom stereocenters. The van der Waals surface area contributed by atoms with Gasteiger partial charge in [0, 0.05) is 43.4 Å². The first-order chi connectivity index (χ1) is 12.2. The average Bonchev–Trinajstić information content (AvgIpc) is 3.10. The molecule has 0 bridgehead atoms. The van der Waals surface area contributed by atoms with E-state index in [1.807, 2.05) is 35.2 Å². The van der Waals surface area contributed by atoms with Crippen molar-refractivity contribution in [3.8, 4) is 0 Å². The van der Waals surface area contributed by atoms with Crippen molar-refractivity contribution in [3.63, 3.8) is 0 Å². The summed E-state index contributed by atoms with van der Waals surface area (Å²) in [6.07, 6.45) is 3.63. The Hall–Kier alpha value is -2.27. The number of rotatable bonds is 2. The van der Waals surface area contributed by atoms with E-state index in [1.54, 1.807) is 6.20 Å². The Balaban J connectivity index is 1.35. The van der Waals surface area contributed by atoms with Gasteiger partial charge in [-0.05, 0) is 48.2 Å². The number of carbonyl (C=O) groups is 1. The number of urea groups is 1. The zero-order valence-corrected chi connectivity index (χ0v) is 14.7. The number of halogens is 1. The fourth-order valence-electron chi connectivity index (χ4n) is 3.59. The summed E-state index contributed by atoms with van der Waals surface area (Å²) >= 11 is 6.09. The molecule has 1 fully saturated rings. The molecule has 1 aromatic carbocycles. The van der Waals surface area contributed by atoms with Gasteiger partial charge in [0.15, 0.2) is 0 Å². The van der Waals surface area contributed by atoms with Crippen molar-refractivity contribution in [3.05, 3.63) is 58.7 Å². The van der Waals surface area contributed by atoms with Gasteiger partial charge in [0.05, 0.1) is 0 Å². The van der Waals surface area contributed by atoms with E-state index in [1.165, 1.54) is 5.56 Å². The summed E-state index contributed by atoms with van der Waals surface area (Å²) in [7, 11) is 0. The van der Waals surface area contributed by atoms with E-state index in [4.69, 9.17) is 11.6 Å². The van der Waals surface area contributed by atoms with E-state index in [-0.39, 0.29) is 12.1 Å². The van der Waals surface area contributed by atoms with Gasteiger partial charge in [0.2, 0.25) is 0 Å². The summed E-state index contributed by atoms with van der Waals surface area (Å²) in [6, 6.07) is 12.0. The zero-order chi connectivity index (χ0) is 17.2. The van der Waals surface area contributed by atoms with Crippen LogP contribution in [-0.2, 0) is 13.0 Å². The van der Waals surface area contributed by atoms with Crippen molar-refractivity contribution in [1.29, 1.82) is 0 Å². The van der Waals surface area contributed by atoms with Crippen LogP contribution in [0.4, 0.5) is 10.6 Å². The molecular formula is C19H21ClN4O. The number of benzene rings is 1. The number of pyridine rings is 1. The second-order valence-electron chi connectivity index (χ2n) is 6.65. The van der Waals surface area contributed by atoms with Crippen LogP contribution >= 0.6 is 11.6 Å². The lowest BCUT2D eigenvalue weighted by atomic mass is 10.0. The summed E-state index contributed by atoms with van der Waals surface area (Å²) in [6.45, 7) is 3.09. The van der Waals surface area contributed by atoms with Crippen molar-refractivity contribution in [2.75, 3.05) is 24.5 Å². The van der Waals surface area contributed by atoms with Crippen LogP contribution in [0, 0.1) is 0 Å².